The van der Waals surface area contributed by atoms with E-state index >= 15 is 0 Å². The van der Waals surface area contributed by atoms with E-state index in [4.69, 9.17) is 0 Å². The molecule has 0 fully saturated rings. The third-order valence-corrected chi connectivity index (χ3v) is 6.15. The zero-order valence-electron chi connectivity index (χ0n) is 16.6. The first kappa shape index (κ1) is 20.6. The average molecular weight is 482 g/mol. The van der Waals surface area contributed by atoms with Gasteiger partial charge in [-0.2, -0.15) is 0 Å². The van der Waals surface area contributed by atoms with Crippen molar-refractivity contribution in [1.82, 2.24) is 24.7 Å². The molecule has 4 aromatic rings. The van der Waals surface area contributed by atoms with Crippen molar-refractivity contribution in [3.05, 3.63) is 80.7 Å². The molecule has 2 heterocycles. The minimum absolute atomic E-state index is 0.183. The van der Waals surface area contributed by atoms with E-state index in [2.05, 4.69) is 42.6 Å². The number of allylic oxidation sites excluding steroid dienone is 1. The molecule has 2 aromatic heterocycles. The van der Waals surface area contributed by atoms with Gasteiger partial charge in [-0.3, -0.25) is 4.79 Å². The number of benzene rings is 2. The van der Waals surface area contributed by atoms with Crippen LogP contribution in [-0.4, -0.2) is 24.7 Å². The number of H-pyrrole nitrogens is 1. The van der Waals surface area contributed by atoms with Crippen molar-refractivity contribution >= 4 is 38.7 Å². The topological polar surface area (TPSA) is 76.5 Å². The molecule has 0 bridgehead atoms. The molecule has 30 heavy (non-hydrogen) atoms. The Hall–Kier alpha value is -2.71. The van der Waals surface area contributed by atoms with Crippen molar-refractivity contribution in [2.24, 2.45) is 0 Å². The van der Waals surface area contributed by atoms with Gasteiger partial charge in [-0.05, 0) is 49.2 Å². The van der Waals surface area contributed by atoms with Crippen LogP contribution >= 0.6 is 27.7 Å². The van der Waals surface area contributed by atoms with Gasteiger partial charge in [0.05, 0.1) is 17.6 Å². The predicted octanol–water partition coefficient (Wildman–Crippen LogP) is 5.04. The highest BCUT2D eigenvalue weighted by atomic mass is 79.9. The molecule has 0 aliphatic carbocycles. The maximum atomic E-state index is 12.5. The second-order valence-electron chi connectivity index (χ2n) is 6.95. The molecule has 0 aliphatic rings. The summed E-state index contributed by atoms with van der Waals surface area (Å²) in [5, 5.41) is 5.17. The first-order chi connectivity index (χ1) is 14.4. The Kier molecular flexibility index (Phi) is 5.87. The van der Waals surface area contributed by atoms with Crippen molar-refractivity contribution in [3.8, 4) is 11.4 Å². The van der Waals surface area contributed by atoms with E-state index in [1.807, 2.05) is 54.9 Å². The predicted molar refractivity (Wildman–Crippen MR) is 125 cm³/mol. The molecule has 152 valence electrons. The number of halogens is 1. The van der Waals surface area contributed by atoms with Crippen LogP contribution < -0.4 is 5.56 Å². The summed E-state index contributed by atoms with van der Waals surface area (Å²) in [6, 6.07) is 11.9. The maximum Gasteiger partial charge on any atom is 0.271 e. The van der Waals surface area contributed by atoms with Crippen LogP contribution in [-0.2, 0) is 12.3 Å². The summed E-state index contributed by atoms with van der Waals surface area (Å²) < 4.78 is 2.81. The molecule has 0 aliphatic heterocycles. The van der Waals surface area contributed by atoms with E-state index in [1.54, 1.807) is 6.08 Å². The molecule has 6 nitrogen and oxygen atoms in total. The van der Waals surface area contributed by atoms with E-state index in [-0.39, 0.29) is 5.56 Å². The van der Waals surface area contributed by atoms with Crippen molar-refractivity contribution in [3.63, 3.8) is 0 Å². The molecule has 1 N–H and O–H groups in total. The molecule has 0 saturated carbocycles. The molecule has 8 heteroatoms. The van der Waals surface area contributed by atoms with Gasteiger partial charge in [0, 0.05) is 15.8 Å². The second-order valence-corrected chi connectivity index (χ2v) is 8.81. The number of hydrogen-bond donors (Lipinski definition) is 1. The number of nitrogens with one attached hydrogen (secondary N) is 1. The summed E-state index contributed by atoms with van der Waals surface area (Å²) >= 11 is 4.85. The summed E-state index contributed by atoms with van der Waals surface area (Å²) in [5.41, 5.74) is 5.05. The molecule has 0 amide bonds. The summed E-state index contributed by atoms with van der Waals surface area (Å²) in [7, 11) is 0. The zero-order chi connectivity index (χ0) is 21.3. The van der Waals surface area contributed by atoms with Crippen molar-refractivity contribution in [2.45, 2.75) is 31.3 Å². The van der Waals surface area contributed by atoms with E-state index in [9.17, 15) is 4.79 Å². The smallest absolute Gasteiger partial charge is 0.271 e. The van der Waals surface area contributed by atoms with Gasteiger partial charge in [-0.15, -0.1) is 11.7 Å². The lowest BCUT2D eigenvalue weighted by molar-refractivity contribution is 0.687. The van der Waals surface area contributed by atoms with Gasteiger partial charge in [0.25, 0.3) is 5.56 Å². The van der Waals surface area contributed by atoms with Crippen molar-refractivity contribution in [2.75, 3.05) is 0 Å². The highest BCUT2D eigenvalue weighted by molar-refractivity contribution is 9.10. The highest BCUT2D eigenvalue weighted by Crippen LogP contribution is 2.25. The Morgan fingerprint density at radius 3 is 2.63 bits per heavy atom. The Balaban J connectivity index is 1.62. The molecule has 0 radical (unpaired) electrons. The Morgan fingerprint density at radius 2 is 1.90 bits per heavy atom. The molecular formula is C22H20BrN5OS. The lowest BCUT2D eigenvalue weighted by atomic mass is 10.1. The number of hydrogen-bond acceptors (Lipinski definition) is 5. The number of nitrogens with zero attached hydrogens (tertiary/aromatic N) is 4. The molecular weight excluding hydrogens is 462 g/mol. The standard InChI is InChI=1S/C22H20BrN5OS/c1-4-9-28-20(15-5-7-16(23)8-6-15)26-22(27-28)30-12-19-21(29)25-18-11-14(3)13(2)10-17(18)24-19/h4-8,10-11H,1,9,12H2,2-3H3,(H,25,29). The zero-order valence-corrected chi connectivity index (χ0v) is 19.0. The fraction of sp³-hybridized carbons (Fsp3) is 0.182. The number of thioether (sulfide) groups is 1. The van der Waals surface area contributed by atoms with Gasteiger partial charge in [0.15, 0.2) is 5.82 Å². The van der Waals surface area contributed by atoms with E-state index < -0.39 is 0 Å². The van der Waals surface area contributed by atoms with E-state index in [0.29, 0.717) is 23.1 Å². The minimum atomic E-state index is -0.183. The summed E-state index contributed by atoms with van der Waals surface area (Å²) in [5.74, 6) is 1.15. The molecule has 0 saturated heterocycles. The summed E-state index contributed by atoms with van der Waals surface area (Å²) in [4.78, 5) is 24.7. The van der Waals surface area contributed by atoms with Crippen LogP contribution in [0, 0.1) is 13.8 Å². The van der Waals surface area contributed by atoms with Gasteiger partial charge in [-0.25, -0.2) is 14.6 Å². The summed E-state index contributed by atoms with van der Waals surface area (Å²) in [6.45, 7) is 8.41. The lowest BCUT2D eigenvalue weighted by Crippen LogP contribution is -2.14. The number of rotatable bonds is 6. The maximum absolute atomic E-state index is 12.5. The number of fused-ring (bicyclic) bond motifs is 1. The average Bonchev–Trinajstić information content (AvgIpc) is 3.11. The van der Waals surface area contributed by atoms with Crippen molar-refractivity contribution < 1.29 is 0 Å². The number of aryl methyl sites for hydroxylation is 2. The van der Waals surface area contributed by atoms with E-state index in [1.165, 1.54) is 11.8 Å². The van der Waals surface area contributed by atoms with Crippen LogP contribution in [0.15, 0.2) is 63.5 Å². The third-order valence-electron chi connectivity index (χ3n) is 4.77. The highest BCUT2D eigenvalue weighted by Gasteiger charge is 2.14. The molecule has 2 aromatic carbocycles. The SMILES string of the molecule is C=CCn1nc(SCc2nc3cc(C)c(C)cc3[nH]c2=O)nc1-c1ccc(Br)cc1. The second kappa shape index (κ2) is 8.57. The Labute approximate surface area is 186 Å². The van der Waals surface area contributed by atoms with Gasteiger partial charge in [0.2, 0.25) is 5.16 Å². The van der Waals surface area contributed by atoms with Crippen LogP contribution in [0.1, 0.15) is 16.8 Å². The van der Waals surface area contributed by atoms with Crippen LogP contribution in [0.5, 0.6) is 0 Å². The van der Waals surface area contributed by atoms with Crippen molar-refractivity contribution in [1.29, 1.82) is 0 Å². The monoisotopic (exact) mass is 481 g/mol. The summed E-state index contributed by atoms with van der Waals surface area (Å²) in [6.07, 6.45) is 1.78. The Morgan fingerprint density at radius 1 is 1.17 bits per heavy atom. The normalized spacial score (nSPS) is 11.2. The molecule has 0 spiro atoms. The largest absolute Gasteiger partial charge is 0.319 e. The first-order valence-corrected chi connectivity index (χ1v) is 11.2. The van der Waals surface area contributed by atoms with E-state index in [0.717, 1.165) is 38.0 Å². The fourth-order valence-corrected chi connectivity index (χ4v) is 4.09. The number of aromatic amines is 1. The van der Waals surface area contributed by atoms with Crippen LogP contribution in [0.2, 0.25) is 0 Å². The van der Waals surface area contributed by atoms with Gasteiger partial charge < -0.3 is 4.98 Å². The quantitative estimate of drug-likeness (QED) is 0.308. The van der Waals surface area contributed by atoms with Crippen LogP contribution in [0.3, 0.4) is 0 Å². The molecule has 4 rings (SSSR count). The first-order valence-electron chi connectivity index (χ1n) is 9.39. The van der Waals surface area contributed by atoms with Gasteiger partial charge >= 0.3 is 0 Å². The van der Waals surface area contributed by atoms with Crippen LogP contribution in [0.25, 0.3) is 22.4 Å². The van der Waals surface area contributed by atoms with Gasteiger partial charge in [0.1, 0.15) is 5.69 Å². The fourth-order valence-electron chi connectivity index (χ4n) is 3.06. The van der Waals surface area contributed by atoms with Crippen LogP contribution in [0.4, 0.5) is 0 Å². The Bertz CT molecular complexity index is 1290. The molecule has 0 atom stereocenters. The lowest BCUT2D eigenvalue weighted by Gasteiger charge is -2.05. The minimum Gasteiger partial charge on any atom is -0.319 e. The number of aromatic nitrogens is 5. The third kappa shape index (κ3) is 4.24. The molecule has 0 unspecified atom stereocenters. The van der Waals surface area contributed by atoms with Gasteiger partial charge in [-0.1, -0.05) is 45.9 Å².